The van der Waals surface area contributed by atoms with E-state index in [0.717, 1.165) is 10.9 Å². The summed E-state index contributed by atoms with van der Waals surface area (Å²) in [7, 11) is 0. The zero-order chi connectivity index (χ0) is 11.5. The minimum absolute atomic E-state index is 0.239. The van der Waals surface area contributed by atoms with Crippen molar-refractivity contribution in [2.24, 2.45) is 17.7 Å². The molecular weight excluding hydrogens is 220 g/mol. The van der Waals surface area contributed by atoms with Crippen LogP contribution in [-0.2, 0) is 0 Å². The Morgan fingerprint density at radius 1 is 1.44 bits per heavy atom. The van der Waals surface area contributed by atoms with Crippen LogP contribution >= 0.6 is 11.6 Å². The van der Waals surface area contributed by atoms with Crippen LogP contribution in [0, 0.1) is 11.8 Å². The van der Waals surface area contributed by atoms with Gasteiger partial charge in [-0.2, -0.15) is 0 Å². The smallest absolute Gasteiger partial charge is 0.0488 e. The Morgan fingerprint density at radius 2 is 2.25 bits per heavy atom. The standard InChI is InChI=1S/C13H19ClN2/c1-9-5-6-11(7-9)13(16-15)10-3-2-4-12(14)8-10/h2-4,8-9,11,13,16H,5-7,15H2,1H3. The highest BCUT2D eigenvalue weighted by Gasteiger charge is 2.29. The number of nitrogens with one attached hydrogen (secondary N) is 1. The van der Waals surface area contributed by atoms with Gasteiger partial charge in [-0.05, 0) is 42.4 Å². The summed E-state index contributed by atoms with van der Waals surface area (Å²) in [6.07, 6.45) is 3.81. The summed E-state index contributed by atoms with van der Waals surface area (Å²) in [5.41, 5.74) is 4.15. The molecule has 2 rings (SSSR count). The second-order valence-corrected chi connectivity index (χ2v) is 5.31. The van der Waals surface area contributed by atoms with Crippen LogP contribution in [0.3, 0.4) is 0 Å². The normalized spacial score (nSPS) is 26.9. The zero-order valence-electron chi connectivity index (χ0n) is 9.62. The van der Waals surface area contributed by atoms with E-state index in [1.807, 2.05) is 18.2 Å². The number of rotatable bonds is 3. The van der Waals surface area contributed by atoms with E-state index in [1.54, 1.807) is 0 Å². The van der Waals surface area contributed by atoms with Crippen LogP contribution in [0.25, 0.3) is 0 Å². The number of hydrogen-bond donors (Lipinski definition) is 2. The Labute approximate surface area is 102 Å². The molecule has 16 heavy (non-hydrogen) atoms. The quantitative estimate of drug-likeness (QED) is 0.627. The van der Waals surface area contributed by atoms with E-state index in [1.165, 1.54) is 24.8 Å². The van der Waals surface area contributed by atoms with E-state index < -0.39 is 0 Å². The lowest BCUT2D eigenvalue weighted by atomic mass is 9.91. The summed E-state index contributed by atoms with van der Waals surface area (Å²) in [6.45, 7) is 2.31. The Morgan fingerprint density at radius 3 is 2.81 bits per heavy atom. The third kappa shape index (κ3) is 2.57. The van der Waals surface area contributed by atoms with Gasteiger partial charge in [0.15, 0.2) is 0 Å². The first kappa shape index (κ1) is 11.9. The average Bonchev–Trinajstić information content (AvgIpc) is 2.66. The van der Waals surface area contributed by atoms with Gasteiger partial charge in [-0.15, -0.1) is 0 Å². The Kier molecular flexibility index (Phi) is 3.85. The van der Waals surface area contributed by atoms with Crippen LogP contribution < -0.4 is 11.3 Å². The maximum absolute atomic E-state index is 6.01. The summed E-state index contributed by atoms with van der Waals surface area (Å²) < 4.78 is 0. The molecule has 0 bridgehead atoms. The summed E-state index contributed by atoms with van der Waals surface area (Å²) >= 11 is 6.01. The van der Waals surface area contributed by atoms with E-state index in [2.05, 4.69) is 18.4 Å². The number of halogens is 1. The summed E-state index contributed by atoms with van der Waals surface area (Å²) in [4.78, 5) is 0. The van der Waals surface area contributed by atoms with Crippen LogP contribution in [0.15, 0.2) is 24.3 Å². The fourth-order valence-corrected chi connectivity index (χ4v) is 2.96. The Balaban J connectivity index is 2.16. The molecule has 3 N–H and O–H groups in total. The van der Waals surface area contributed by atoms with Crippen molar-refractivity contribution < 1.29 is 0 Å². The van der Waals surface area contributed by atoms with Gasteiger partial charge in [-0.25, -0.2) is 0 Å². The first-order valence-electron chi connectivity index (χ1n) is 5.92. The van der Waals surface area contributed by atoms with Gasteiger partial charge in [-0.3, -0.25) is 11.3 Å². The highest BCUT2D eigenvalue weighted by Crippen LogP contribution is 2.38. The van der Waals surface area contributed by atoms with Gasteiger partial charge in [-0.1, -0.05) is 37.1 Å². The van der Waals surface area contributed by atoms with Crippen molar-refractivity contribution in [2.45, 2.75) is 32.2 Å². The maximum atomic E-state index is 6.01. The molecule has 3 heteroatoms. The first-order chi connectivity index (χ1) is 7.70. The summed E-state index contributed by atoms with van der Waals surface area (Å²) in [5, 5.41) is 0.781. The van der Waals surface area contributed by atoms with Crippen LogP contribution in [0.1, 0.15) is 37.8 Å². The monoisotopic (exact) mass is 238 g/mol. The molecule has 0 aromatic heterocycles. The third-order valence-electron chi connectivity index (χ3n) is 3.59. The molecule has 1 aromatic carbocycles. The van der Waals surface area contributed by atoms with E-state index in [-0.39, 0.29) is 6.04 Å². The number of benzene rings is 1. The zero-order valence-corrected chi connectivity index (χ0v) is 10.4. The minimum atomic E-state index is 0.239. The van der Waals surface area contributed by atoms with E-state index in [4.69, 9.17) is 17.4 Å². The molecule has 1 aliphatic rings. The third-order valence-corrected chi connectivity index (χ3v) is 3.83. The molecule has 0 heterocycles. The number of hydrazine groups is 1. The molecular formula is C13H19ClN2. The van der Waals surface area contributed by atoms with Crippen molar-refractivity contribution in [1.82, 2.24) is 5.43 Å². The summed E-state index contributed by atoms with van der Waals surface area (Å²) in [5.74, 6) is 7.14. The molecule has 0 aliphatic heterocycles. The Bertz CT molecular complexity index is 354. The molecule has 0 spiro atoms. The van der Waals surface area contributed by atoms with Crippen molar-refractivity contribution in [3.05, 3.63) is 34.9 Å². The van der Waals surface area contributed by atoms with Crippen molar-refractivity contribution in [2.75, 3.05) is 0 Å². The Hall–Kier alpha value is -0.570. The fourth-order valence-electron chi connectivity index (χ4n) is 2.76. The van der Waals surface area contributed by atoms with Gasteiger partial charge in [0.1, 0.15) is 0 Å². The molecule has 0 saturated heterocycles. The number of hydrogen-bond acceptors (Lipinski definition) is 2. The highest BCUT2D eigenvalue weighted by molar-refractivity contribution is 6.30. The predicted octanol–water partition coefficient (Wildman–Crippen LogP) is 3.28. The topological polar surface area (TPSA) is 38.0 Å². The molecule has 0 amide bonds. The molecule has 1 saturated carbocycles. The van der Waals surface area contributed by atoms with Gasteiger partial charge in [0, 0.05) is 11.1 Å². The fraction of sp³-hybridized carbons (Fsp3) is 0.538. The molecule has 1 aliphatic carbocycles. The van der Waals surface area contributed by atoms with Crippen molar-refractivity contribution in [3.63, 3.8) is 0 Å². The van der Waals surface area contributed by atoms with E-state index in [9.17, 15) is 0 Å². The van der Waals surface area contributed by atoms with Gasteiger partial charge < -0.3 is 0 Å². The van der Waals surface area contributed by atoms with Crippen molar-refractivity contribution in [1.29, 1.82) is 0 Å². The van der Waals surface area contributed by atoms with Crippen LogP contribution in [0.2, 0.25) is 5.02 Å². The van der Waals surface area contributed by atoms with E-state index in [0.29, 0.717) is 5.92 Å². The largest absolute Gasteiger partial charge is 0.271 e. The number of nitrogens with two attached hydrogens (primary N) is 1. The van der Waals surface area contributed by atoms with Crippen LogP contribution in [0.4, 0.5) is 0 Å². The lowest BCUT2D eigenvalue weighted by molar-refractivity contribution is 0.364. The molecule has 0 radical (unpaired) electrons. The molecule has 3 atom stereocenters. The summed E-state index contributed by atoms with van der Waals surface area (Å²) in [6, 6.07) is 8.23. The first-order valence-corrected chi connectivity index (χ1v) is 6.30. The van der Waals surface area contributed by atoms with Gasteiger partial charge in [0.05, 0.1) is 0 Å². The second kappa shape index (κ2) is 5.17. The average molecular weight is 239 g/mol. The van der Waals surface area contributed by atoms with Gasteiger partial charge >= 0.3 is 0 Å². The van der Waals surface area contributed by atoms with Gasteiger partial charge in [0.2, 0.25) is 0 Å². The SMILES string of the molecule is CC1CCC(C(NN)c2cccc(Cl)c2)C1. The molecule has 3 unspecified atom stereocenters. The second-order valence-electron chi connectivity index (χ2n) is 4.88. The molecule has 88 valence electrons. The minimum Gasteiger partial charge on any atom is -0.271 e. The lowest BCUT2D eigenvalue weighted by Crippen LogP contribution is -2.32. The predicted molar refractivity (Wildman–Crippen MR) is 68.0 cm³/mol. The van der Waals surface area contributed by atoms with Crippen LogP contribution in [0.5, 0.6) is 0 Å². The van der Waals surface area contributed by atoms with Crippen molar-refractivity contribution >= 4 is 11.6 Å². The van der Waals surface area contributed by atoms with E-state index >= 15 is 0 Å². The highest BCUT2D eigenvalue weighted by atomic mass is 35.5. The maximum Gasteiger partial charge on any atom is 0.0488 e. The molecule has 1 aromatic rings. The van der Waals surface area contributed by atoms with Gasteiger partial charge in [0.25, 0.3) is 0 Å². The molecule has 1 fully saturated rings. The van der Waals surface area contributed by atoms with Crippen molar-refractivity contribution in [3.8, 4) is 0 Å². The molecule has 2 nitrogen and oxygen atoms in total. The lowest BCUT2D eigenvalue weighted by Gasteiger charge is -2.23. The van der Waals surface area contributed by atoms with Crippen LogP contribution in [-0.4, -0.2) is 0 Å².